The smallest absolute Gasteiger partial charge is 0.311 e. The van der Waals surface area contributed by atoms with Crippen LogP contribution in [-0.4, -0.2) is 23.1 Å². The lowest BCUT2D eigenvalue weighted by molar-refractivity contribution is -0.385. The van der Waals surface area contributed by atoms with Gasteiger partial charge in [-0.15, -0.1) is 0 Å². The first-order chi connectivity index (χ1) is 12.9. The minimum Gasteiger partial charge on any atom is -0.490 e. The van der Waals surface area contributed by atoms with Crippen LogP contribution in [0.2, 0.25) is 5.02 Å². The third kappa shape index (κ3) is 4.12. The number of nitrogens with zero attached hydrogens (tertiary/aromatic N) is 2. The summed E-state index contributed by atoms with van der Waals surface area (Å²) in [6.07, 6.45) is 1.57. The van der Waals surface area contributed by atoms with Gasteiger partial charge in [0.2, 0.25) is 0 Å². The van der Waals surface area contributed by atoms with E-state index >= 15 is 0 Å². The number of carbonyl (C=O) groups excluding carboxylic acids is 1. The van der Waals surface area contributed by atoms with E-state index in [-0.39, 0.29) is 17.3 Å². The van der Waals surface area contributed by atoms with E-state index in [2.05, 4.69) is 10.3 Å². The van der Waals surface area contributed by atoms with E-state index in [0.29, 0.717) is 26.3 Å². The molecule has 1 saturated heterocycles. The summed E-state index contributed by atoms with van der Waals surface area (Å²) in [5.41, 5.74) is 1.82. The van der Waals surface area contributed by atoms with Gasteiger partial charge in [-0.2, -0.15) is 0 Å². The van der Waals surface area contributed by atoms with Gasteiger partial charge in [0.1, 0.15) is 0 Å². The molecule has 27 heavy (non-hydrogen) atoms. The van der Waals surface area contributed by atoms with Crippen LogP contribution >= 0.6 is 23.4 Å². The Bertz CT molecular complexity index is 1000. The van der Waals surface area contributed by atoms with Gasteiger partial charge in [0.15, 0.2) is 10.9 Å². The van der Waals surface area contributed by atoms with Crippen molar-refractivity contribution < 1.29 is 14.5 Å². The second-order valence-corrected chi connectivity index (χ2v) is 6.99. The Kier molecular flexibility index (Phi) is 5.48. The molecule has 138 valence electrons. The lowest BCUT2D eigenvalue weighted by atomic mass is 10.1. The molecule has 0 radical (unpaired) electrons. The number of nitro groups is 1. The van der Waals surface area contributed by atoms with Gasteiger partial charge in [0.05, 0.1) is 22.6 Å². The van der Waals surface area contributed by atoms with Gasteiger partial charge in [0.25, 0.3) is 5.91 Å². The Morgan fingerprint density at radius 1 is 1.33 bits per heavy atom. The number of methoxy groups -OCH3 is 1. The average Bonchev–Trinajstić information content (AvgIpc) is 2.98. The number of hydrogen-bond acceptors (Lipinski definition) is 6. The van der Waals surface area contributed by atoms with Gasteiger partial charge >= 0.3 is 5.69 Å². The highest BCUT2D eigenvalue weighted by Crippen LogP contribution is 2.33. The van der Waals surface area contributed by atoms with E-state index in [0.717, 1.165) is 17.3 Å². The molecule has 1 N–H and O–H groups in total. The third-order valence-electron chi connectivity index (χ3n) is 3.81. The maximum Gasteiger partial charge on any atom is 0.311 e. The molecular formula is C18H14ClN3O4S. The first kappa shape index (κ1) is 18.9. The van der Waals surface area contributed by atoms with Crippen molar-refractivity contribution in [3.63, 3.8) is 0 Å². The molecule has 1 aliphatic heterocycles. The zero-order valence-corrected chi connectivity index (χ0v) is 15.9. The summed E-state index contributed by atoms with van der Waals surface area (Å²) in [7, 11) is 1.36. The first-order valence-corrected chi connectivity index (χ1v) is 8.95. The minimum atomic E-state index is -0.530. The van der Waals surface area contributed by atoms with E-state index in [1.54, 1.807) is 30.3 Å². The monoisotopic (exact) mass is 403 g/mol. The van der Waals surface area contributed by atoms with Crippen LogP contribution in [0, 0.1) is 17.0 Å². The first-order valence-electron chi connectivity index (χ1n) is 7.76. The van der Waals surface area contributed by atoms with Gasteiger partial charge in [-0.1, -0.05) is 23.7 Å². The summed E-state index contributed by atoms with van der Waals surface area (Å²) in [4.78, 5) is 27.6. The number of hydrogen-bond donors (Lipinski definition) is 1. The molecule has 3 rings (SSSR count). The minimum absolute atomic E-state index is 0.157. The number of ether oxygens (including phenoxy) is 1. The largest absolute Gasteiger partial charge is 0.490 e. The highest BCUT2D eigenvalue weighted by molar-refractivity contribution is 8.18. The molecule has 0 bridgehead atoms. The third-order valence-corrected chi connectivity index (χ3v) is 5.13. The SMILES string of the molecule is COc1ccc(/C=C2/SC(=Nc3cccc(Cl)c3C)NC2=O)cc1[N+](=O)[O-]. The Hall–Kier alpha value is -2.84. The maximum absolute atomic E-state index is 12.2. The standard InChI is InChI=1S/C18H14ClN3O4S/c1-10-12(19)4-3-5-13(10)20-18-21-17(23)16(27-18)9-11-6-7-15(26-2)14(8-11)22(24)25/h3-9H,1-2H3,(H,20,21,23)/b16-9+. The molecule has 7 nitrogen and oxygen atoms in total. The number of nitrogens with one attached hydrogen (secondary N) is 1. The highest BCUT2D eigenvalue weighted by atomic mass is 35.5. The van der Waals surface area contributed by atoms with Crippen molar-refractivity contribution in [2.45, 2.75) is 6.92 Å². The van der Waals surface area contributed by atoms with Crippen LogP contribution in [0.5, 0.6) is 5.75 Å². The normalized spacial score (nSPS) is 16.6. The topological polar surface area (TPSA) is 93.8 Å². The van der Waals surface area contributed by atoms with Gasteiger partial charge in [-0.25, -0.2) is 4.99 Å². The van der Waals surface area contributed by atoms with Crippen LogP contribution in [-0.2, 0) is 4.79 Å². The summed E-state index contributed by atoms with van der Waals surface area (Å²) in [6, 6.07) is 9.84. The van der Waals surface area contributed by atoms with Crippen molar-refractivity contribution in [2.75, 3.05) is 7.11 Å². The van der Waals surface area contributed by atoms with Crippen molar-refractivity contribution in [3.05, 3.63) is 67.6 Å². The second-order valence-electron chi connectivity index (χ2n) is 5.55. The fraction of sp³-hybridized carbons (Fsp3) is 0.111. The molecule has 9 heteroatoms. The molecule has 1 fully saturated rings. The van der Waals surface area contributed by atoms with Crippen molar-refractivity contribution >= 4 is 51.9 Å². The Morgan fingerprint density at radius 3 is 2.81 bits per heavy atom. The summed E-state index contributed by atoms with van der Waals surface area (Å²) in [5, 5.41) is 14.8. The predicted octanol–water partition coefficient (Wildman–Crippen LogP) is 4.46. The van der Waals surface area contributed by atoms with E-state index in [1.807, 2.05) is 6.92 Å². The fourth-order valence-corrected chi connectivity index (χ4v) is 3.40. The van der Waals surface area contributed by atoms with E-state index in [1.165, 1.54) is 19.2 Å². The van der Waals surface area contributed by atoms with Crippen molar-refractivity contribution in [3.8, 4) is 5.75 Å². The summed E-state index contributed by atoms with van der Waals surface area (Å²) >= 11 is 7.24. The molecule has 1 heterocycles. The second kappa shape index (κ2) is 7.81. The van der Waals surface area contributed by atoms with Crippen LogP contribution in [0.1, 0.15) is 11.1 Å². The molecule has 0 saturated carbocycles. The molecule has 0 aromatic heterocycles. The number of aliphatic imine (C=N–C) groups is 1. The van der Waals surface area contributed by atoms with Crippen LogP contribution in [0.25, 0.3) is 6.08 Å². The fourth-order valence-electron chi connectivity index (χ4n) is 2.40. The van der Waals surface area contributed by atoms with Crippen LogP contribution < -0.4 is 10.1 Å². The maximum atomic E-state index is 12.2. The Morgan fingerprint density at radius 2 is 2.11 bits per heavy atom. The Labute approximate surface area is 164 Å². The number of benzene rings is 2. The van der Waals surface area contributed by atoms with Crippen molar-refractivity contribution in [2.24, 2.45) is 4.99 Å². The van der Waals surface area contributed by atoms with E-state index < -0.39 is 4.92 Å². The van der Waals surface area contributed by atoms with Gasteiger partial charge in [0, 0.05) is 11.1 Å². The molecule has 2 aromatic carbocycles. The Balaban J connectivity index is 1.90. The van der Waals surface area contributed by atoms with E-state index in [9.17, 15) is 14.9 Å². The average molecular weight is 404 g/mol. The molecule has 2 aromatic rings. The molecule has 0 aliphatic carbocycles. The summed E-state index contributed by atoms with van der Waals surface area (Å²) < 4.78 is 4.98. The number of rotatable bonds is 4. The van der Waals surface area contributed by atoms with Crippen molar-refractivity contribution in [1.82, 2.24) is 5.32 Å². The van der Waals surface area contributed by atoms with Crippen LogP contribution in [0.3, 0.4) is 0 Å². The zero-order chi connectivity index (χ0) is 19.6. The number of amides is 1. The lowest BCUT2D eigenvalue weighted by Crippen LogP contribution is -2.19. The van der Waals surface area contributed by atoms with Gasteiger partial charge in [-0.05, 0) is 54.1 Å². The molecule has 0 unspecified atom stereocenters. The summed E-state index contributed by atoms with van der Waals surface area (Å²) in [5.74, 6) is -0.165. The van der Waals surface area contributed by atoms with Gasteiger partial charge < -0.3 is 10.1 Å². The molecule has 1 aliphatic rings. The highest BCUT2D eigenvalue weighted by Gasteiger charge is 2.24. The quantitative estimate of drug-likeness (QED) is 0.462. The number of thioether (sulfide) groups is 1. The van der Waals surface area contributed by atoms with Crippen molar-refractivity contribution in [1.29, 1.82) is 0 Å². The van der Waals surface area contributed by atoms with Crippen LogP contribution in [0.4, 0.5) is 11.4 Å². The number of nitro benzene ring substituents is 1. The molecule has 0 atom stereocenters. The molecule has 0 spiro atoms. The van der Waals surface area contributed by atoms with Gasteiger partial charge in [-0.3, -0.25) is 14.9 Å². The predicted molar refractivity (Wildman–Crippen MR) is 107 cm³/mol. The number of carbonyl (C=O) groups is 1. The zero-order valence-electron chi connectivity index (χ0n) is 14.4. The molecule has 1 amide bonds. The molecular weight excluding hydrogens is 390 g/mol. The number of halogens is 1. The van der Waals surface area contributed by atoms with E-state index in [4.69, 9.17) is 16.3 Å². The summed E-state index contributed by atoms with van der Waals surface area (Å²) in [6.45, 7) is 1.84. The van der Waals surface area contributed by atoms with Crippen LogP contribution in [0.15, 0.2) is 46.3 Å². The lowest BCUT2D eigenvalue weighted by Gasteiger charge is -2.03. The number of amidine groups is 1.